The first-order chi connectivity index (χ1) is 19.8. The van der Waals surface area contributed by atoms with E-state index < -0.39 is 11.6 Å². The predicted octanol–water partition coefficient (Wildman–Crippen LogP) is 4.49. The average Bonchev–Trinajstić information content (AvgIpc) is 3.56. The molecule has 11 heteroatoms. The minimum Gasteiger partial charge on any atom is -0.486 e. The SMILES string of the molecule is CC(=O)OOc1cc(C(=O)N2CCC3(CC2)CC(=O)c2cc(-c4cnn(C)c4)ccc2O3)cc2c1ccn2C1CC1.[Na]. The average molecular weight is 578 g/mol. The molecule has 1 amide bonds. The van der Waals surface area contributed by atoms with Gasteiger partial charge in [0.05, 0.1) is 23.7 Å². The van der Waals surface area contributed by atoms with Crippen molar-refractivity contribution < 1.29 is 28.9 Å². The van der Waals surface area contributed by atoms with E-state index in [1.165, 1.54) is 6.92 Å². The van der Waals surface area contributed by atoms with Crippen molar-refractivity contribution in [3.05, 3.63) is 66.1 Å². The number of carbonyl (C=O) groups is 3. The second kappa shape index (κ2) is 10.9. The molecule has 0 atom stereocenters. The molecule has 1 saturated carbocycles. The van der Waals surface area contributed by atoms with E-state index in [0.717, 1.165) is 34.9 Å². The fourth-order valence-corrected chi connectivity index (χ4v) is 6.02. The van der Waals surface area contributed by atoms with Crippen LogP contribution in [0.3, 0.4) is 0 Å². The fourth-order valence-electron chi connectivity index (χ4n) is 6.02. The van der Waals surface area contributed by atoms with Crippen LogP contribution in [0.5, 0.6) is 11.5 Å². The van der Waals surface area contributed by atoms with Crippen LogP contribution in [0.1, 0.15) is 65.8 Å². The van der Waals surface area contributed by atoms with Gasteiger partial charge in [-0.15, -0.1) is 0 Å². The Balaban J connectivity index is 0.00000316. The molecule has 4 aromatic rings. The van der Waals surface area contributed by atoms with Crippen LogP contribution in [0.4, 0.5) is 0 Å². The molecule has 3 aliphatic rings. The molecule has 7 rings (SSSR count). The van der Waals surface area contributed by atoms with Crippen LogP contribution < -0.4 is 9.62 Å². The normalized spacial score (nSPS) is 17.4. The number of ether oxygens (including phenoxy) is 1. The molecule has 42 heavy (non-hydrogen) atoms. The number of likely N-dealkylation sites (tertiary alicyclic amines) is 1. The maximum Gasteiger partial charge on any atom is 0.352 e. The number of aryl methyl sites for hydroxylation is 1. The Bertz CT molecular complexity index is 1710. The van der Waals surface area contributed by atoms with Crippen molar-refractivity contribution in [2.24, 2.45) is 7.05 Å². The number of aromatic nitrogens is 3. The molecule has 2 fully saturated rings. The first-order valence-electron chi connectivity index (χ1n) is 13.9. The predicted molar refractivity (Wildman–Crippen MR) is 154 cm³/mol. The van der Waals surface area contributed by atoms with Crippen LogP contribution in [-0.2, 0) is 16.7 Å². The second-order valence-electron chi connectivity index (χ2n) is 11.3. The number of amides is 1. The van der Waals surface area contributed by atoms with Crippen LogP contribution in [0, 0.1) is 0 Å². The monoisotopic (exact) mass is 577 g/mol. The van der Waals surface area contributed by atoms with Gasteiger partial charge in [-0.2, -0.15) is 5.10 Å². The topological polar surface area (TPSA) is 105 Å². The van der Waals surface area contributed by atoms with Crippen molar-refractivity contribution in [3.63, 3.8) is 0 Å². The van der Waals surface area contributed by atoms with Gasteiger partial charge in [0.15, 0.2) is 11.5 Å². The van der Waals surface area contributed by atoms with Crippen molar-refractivity contribution in [1.29, 1.82) is 0 Å². The Labute approximate surface area is 264 Å². The maximum absolute atomic E-state index is 13.7. The molecule has 10 nitrogen and oxygen atoms in total. The van der Waals surface area contributed by atoms with Gasteiger partial charge in [0.25, 0.3) is 5.91 Å². The number of Topliss-reactive ketones (excluding diaryl/α,β-unsaturated/α-hetero) is 1. The molecule has 0 N–H and O–H groups in total. The third-order valence-electron chi connectivity index (χ3n) is 8.33. The van der Waals surface area contributed by atoms with Gasteiger partial charge in [0, 0.05) is 104 Å². The van der Waals surface area contributed by atoms with Gasteiger partial charge < -0.3 is 14.2 Å². The molecule has 0 unspecified atom stereocenters. The number of benzene rings is 2. The Morgan fingerprint density at radius 1 is 1.07 bits per heavy atom. The van der Waals surface area contributed by atoms with Crippen LogP contribution in [0.15, 0.2) is 55.0 Å². The Hall–Kier alpha value is -3.60. The molecule has 2 aromatic carbocycles. The van der Waals surface area contributed by atoms with E-state index in [2.05, 4.69) is 9.67 Å². The molecule has 2 aromatic heterocycles. The van der Waals surface area contributed by atoms with Gasteiger partial charge in [-0.3, -0.25) is 24.0 Å². The number of fused-ring (bicyclic) bond motifs is 2. The molecule has 211 valence electrons. The maximum atomic E-state index is 13.7. The molecule has 1 spiro atoms. The summed E-state index contributed by atoms with van der Waals surface area (Å²) < 4.78 is 10.4. The molecular formula is C31H30N4NaO6. The number of nitrogens with zero attached hydrogens (tertiary/aromatic N) is 4. The van der Waals surface area contributed by atoms with Crippen LogP contribution >= 0.6 is 0 Å². The number of ketones is 1. The van der Waals surface area contributed by atoms with Crippen LogP contribution in [-0.4, -0.2) is 85.2 Å². The molecule has 1 saturated heterocycles. The molecule has 2 aliphatic heterocycles. The van der Waals surface area contributed by atoms with Gasteiger partial charge in [0.1, 0.15) is 11.4 Å². The van der Waals surface area contributed by atoms with Gasteiger partial charge in [-0.1, -0.05) is 6.07 Å². The van der Waals surface area contributed by atoms with E-state index >= 15 is 0 Å². The first-order valence-corrected chi connectivity index (χ1v) is 13.9. The van der Waals surface area contributed by atoms with Gasteiger partial charge in [0.2, 0.25) is 0 Å². The van der Waals surface area contributed by atoms with Crippen molar-refractivity contribution >= 4 is 58.1 Å². The summed E-state index contributed by atoms with van der Waals surface area (Å²) in [5, 5.41) is 5.01. The quantitative estimate of drug-likeness (QED) is 0.196. The zero-order valence-electron chi connectivity index (χ0n) is 24.0. The standard InChI is InChI=1S/C31H30N4O6.Na/c1-19(36)40-41-29-15-21(14-26-24(29)7-10-35(26)23-4-5-23)30(38)34-11-8-31(9-12-34)16-27(37)25-13-20(3-6-28(25)39-31)22-17-32-33(2)18-22;/h3,6-7,10,13-15,17-18,23H,4-5,8-9,11-12,16H2,1-2H3;. The third kappa shape index (κ3) is 5.23. The van der Waals surface area contributed by atoms with Gasteiger partial charge in [-0.05, 0) is 48.7 Å². The molecule has 1 aliphatic carbocycles. The summed E-state index contributed by atoms with van der Waals surface area (Å²) in [6, 6.07) is 11.5. The number of piperidine rings is 1. The van der Waals surface area contributed by atoms with E-state index in [9.17, 15) is 14.4 Å². The minimum atomic E-state index is -0.634. The summed E-state index contributed by atoms with van der Waals surface area (Å²) >= 11 is 0. The Kier molecular flexibility index (Phi) is 7.41. The summed E-state index contributed by atoms with van der Waals surface area (Å²) in [6.07, 6.45) is 9.22. The second-order valence-corrected chi connectivity index (χ2v) is 11.3. The van der Waals surface area contributed by atoms with E-state index in [-0.39, 0.29) is 47.7 Å². The van der Waals surface area contributed by atoms with E-state index in [0.29, 0.717) is 54.6 Å². The third-order valence-corrected chi connectivity index (χ3v) is 8.33. The zero-order valence-corrected chi connectivity index (χ0v) is 26.0. The summed E-state index contributed by atoms with van der Waals surface area (Å²) in [4.78, 5) is 50.4. The Morgan fingerprint density at radius 2 is 1.86 bits per heavy atom. The molecular weight excluding hydrogens is 547 g/mol. The number of carbonyl (C=O) groups excluding carboxylic acids is 3. The molecule has 1 radical (unpaired) electrons. The molecule has 4 heterocycles. The van der Waals surface area contributed by atoms with Gasteiger partial charge in [-0.25, -0.2) is 4.79 Å². The number of rotatable bonds is 5. The summed E-state index contributed by atoms with van der Waals surface area (Å²) in [5.41, 5.74) is 3.15. The number of hydrogen-bond donors (Lipinski definition) is 0. The molecule has 0 bridgehead atoms. The largest absolute Gasteiger partial charge is 0.486 e. The zero-order chi connectivity index (χ0) is 28.3. The fraction of sp³-hybridized carbons (Fsp3) is 0.355. The van der Waals surface area contributed by atoms with E-state index in [1.807, 2.05) is 49.8 Å². The van der Waals surface area contributed by atoms with Crippen molar-refractivity contribution in [2.45, 2.75) is 50.7 Å². The van der Waals surface area contributed by atoms with Crippen molar-refractivity contribution in [1.82, 2.24) is 19.2 Å². The smallest absolute Gasteiger partial charge is 0.352 e. The summed E-state index contributed by atoms with van der Waals surface area (Å²) in [7, 11) is 1.86. The minimum absolute atomic E-state index is 0. The van der Waals surface area contributed by atoms with Crippen molar-refractivity contribution in [3.8, 4) is 22.6 Å². The number of hydrogen-bond acceptors (Lipinski definition) is 7. The van der Waals surface area contributed by atoms with Crippen LogP contribution in [0.2, 0.25) is 0 Å². The summed E-state index contributed by atoms with van der Waals surface area (Å²) in [5.74, 6) is 0.260. The van der Waals surface area contributed by atoms with Crippen molar-refractivity contribution in [2.75, 3.05) is 13.1 Å². The van der Waals surface area contributed by atoms with Crippen LogP contribution in [0.25, 0.3) is 22.0 Å². The van der Waals surface area contributed by atoms with Gasteiger partial charge >= 0.3 is 5.97 Å². The van der Waals surface area contributed by atoms with E-state index in [4.69, 9.17) is 14.5 Å². The Morgan fingerprint density at radius 3 is 2.55 bits per heavy atom. The van der Waals surface area contributed by atoms with E-state index in [1.54, 1.807) is 21.8 Å². The summed E-state index contributed by atoms with van der Waals surface area (Å²) in [6.45, 7) is 2.18. The first kappa shape index (κ1) is 28.5.